The van der Waals surface area contributed by atoms with Gasteiger partial charge in [0.1, 0.15) is 0 Å². The minimum absolute atomic E-state index is 0.540. The van der Waals surface area contributed by atoms with Gasteiger partial charge in [-0.05, 0) is 0 Å². The van der Waals surface area contributed by atoms with Crippen molar-refractivity contribution in [3.8, 4) is 0 Å². The molecule has 0 amide bonds. The molecule has 0 aliphatic heterocycles. The first kappa shape index (κ1) is 18.1. The topological polar surface area (TPSA) is 0 Å². The van der Waals surface area contributed by atoms with Crippen molar-refractivity contribution in [3.63, 3.8) is 0 Å². The second kappa shape index (κ2) is 15.1. The van der Waals surface area contributed by atoms with Crippen LogP contribution in [0, 0.1) is 0 Å². The molecule has 0 heterocycles. The molecule has 0 aliphatic carbocycles. The van der Waals surface area contributed by atoms with Crippen molar-refractivity contribution >= 4 is 12.6 Å². The SMILES string of the molecule is CCCCCCCCCCCCCC[CH](S)[Au]. The summed E-state index contributed by atoms with van der Waals surface area (Å²) < 4.78 is 0.540. The van der Waals surface area contributed by atoms with Gasteiger partial charge in [0.25, 0.3) is 0 Å². The summed E-state index contributed by atoms with van der Waals surface area (Å²) in [5.41, 5.74) is 0. The van der Waals surface area contributed by atoms with Gasteiger partial charge in [-0.2, -0.15) is 0 Å². The van der Waals surface area contributed by atoms with Gasteiger partial charge in [0, 0.05) is 0 Å². The molecular weight excluding hydrogens is 409 g/mol. The van der Waals surface area contributed by atoms with E-state index in [0.717, 1.165) is 0 Å². The van der Waals surface area contributed by atoms with Gasteiger partial charge in [0.05, 0.1) is 0 Å². The van der Waals surface area contributed by atoms with Crippen LogP contribution in [0.5, 0.6) is 0 Å². The van der Waals surface area contributed by atoms with Gasteiger partial charge in [0.2, 0.25) is 0 Å². The van der Waals surface area contributed by atoms with Gasteiger partial charge in [-0.15, -0.1) is 0 Å². The first-order valence-electron chi connectivity index (χ1n) is 7.55. The first-order chi connectivity index (χ1) is 8.27. The number of hydrogen-bond acceptors (Lipinski definition) is 1. The quantitative estimate of drug-likeness (QED) is 0.206. The monoisotopic (exact) mass is 440 g/mol. The fourth-order valence-electron chi connectivity index (χ4n) is 2.14. The Kier molecular flexibility index (Phi) is 16.1. The minimum atomic E-state index is 0.540. The van der Waals surface area contributed by atoms with Crippen LogP contribution in [0.2, 0.25) is 0 Å². The van der Waals surface area contributed by atoms with E-state index in [1.165, 1.54) is 83.5 Å². The van der Waals surface area contributed by atoms with Crippen LogP contribution in [-0.4, -0.2) is 3.47 Å². The van der Waals surface area contributed by atoms with Gasteiger partial charge in [-0.25, -0.2) is 0 Å². The van der Waals surface area contributed by atoms with Crippen LogP contribution in [0.4, 0.5) is 0 Å². The molecule has 2 heteroatoms. The maximum absolute atomic E-state index is 4.38. The van der Waals surface area contributed by atoms with Crippen molar-refractivity contribution < 1.29 is 21.1 Å². The molecule has 17 heavy (non-hydrogen) atoms. The van der Waals surface area contributed by atoms with E-state index in [0.29, 0.717) is 3.47 Å². The standard InChI is InChI=1S/C15H31S.Au/c1-2-3-4-5-6-7-8-9-10-11-12-13-14-15-16;/h15-16H,2-14H2,1H3;. The summed E-state index contributed by atoms with van der Waals surface area (Å²) >= 11 is 6.95. The predicted octanol–water partition coefficient (Wildman–Crippen LogP) is 5.88. The Hall–Kier alpha value is 1.09. The molecule has 0 saturated heterocycles. The fourth-order valence-corrected chi connectivity index (χ4v) is 2.76. The molecule has 1 unspecified atom stereocenters. The van der Waals surface area contributed by atoms with Gasteiger partial charge in [0.15, 0.2) is 0 Å². The molecule has 0 aromatic carbocycles. The molecule has 0 aromatic heterocycles. The van der Waals surface area contributed by atoms with E-state index in [9.17, 15) is 0 Å². The molecule has 0 aliphatic rings. The van der Waals surface area contributed by atoms with Crippen molar-refractivity contribution in [2.24, 2.45) is 0 Å². The van der Waals surface area contributed by atoms with Crippen molar-refractivity contribution in [3.05, 3.63) is 0 Å². The summed E-state index contributed by atoms with van der Waals surface area (Å²) in [4.78, 5) is 0. The van der Waals surface area contributed by atoms with Gasteiger partial charge in [-0.3, -0.25) is 0 Å². The van der Waals surface area contributed by atoms with Gasteiger partial charge >= 0.3 is 108 Å². The molecule has 0 rings (SSSR count). The molecule has 1 atom stereocenters. The third kappa shape index (κ3) is 17.1. The molecule has 0 N–H and O–H groups in total. The van der Waals surface area contributed by atoms with Gasteiger partial charge in [-0.1, -0.05) is 19.8 Å². The van der Waals surface area contributed by atoms with Crippen LogP contribution in [0.15, 0.2) is 0 Å². The Bertz CT molecular complexity index is 137. The van der Waals surface area contributed by atoms with Crippen molar-refractivity contribution in [2.75, 3.05) is 0 Å². The van der Waals surface area contributed by atoms with Crippen LogP contribution in [-0.2, 0) is 21.1 Å². The van der Waals surface area contributed by atoms with E-state index in [4.69, 9.17) is 0 Å². The molecule has 0 nitrogen and oxygen atoms in total. The number of thiol groups is 1. The Balaban J connectivity index is 2.89. The van der Waals surface area contributed by atoms with Crippen LogP contribution >= 0.6 is 12.6 Å². The van der Waals surface area contributed by atoms with Crippen LogP contribution in [0.3, 0.4) is 0 Å². The van der Waals surface area contributed by atoms with Crippen LogP contribution in [0.1, 0.15) is 90.4 Å². The second-order valence-electron chi connectivity index (χ2n) is 5.06. The van der Waals surface area contributed by atoms with E-state index in [1.807, 2.05) is 0 Å². The van der Waals surface area contributed by atoms with Crippen molar-refractivity contribution in [1.29, 1.82) is 0 Å². The third-order valence-corrected chi connectivity index (χ3v) is 4.16. The average Bonchev–Trinajstić information content (AvgIpc) is 2.30. The zero-order chi connectivity index (χ0) is 12.8. The summed E-state index contributed by atoms with van der Waals surface area (Å²) in [6.07, 6.45) is 18.5. The molecule has 0 spiro atoms. The van der Waals surface area contributed by atoms with Crippen molar-refractivity contribution in [1.82, 2.24) is 0 Å². The molecule has 0 fully saturated rings. The van der Waals surface area contributed by atoms with E-state index >= 15 is 0 Å². The molecule has 0 radical (unpaired) electrons. The Morgan fingerprint density at radius 3 is 1.41 bits per heavy atom. The first-order valence-corrected chi connectivity index (χ1v) is 9.31. The normalized spacial score (nSPS) is 12.9. The summed E-state index contributed by atoms with van der Waals surface area (Å²) in [6, 6.07) is 0. The molecule has 0 bridgehead atoms. The summed E-state index contributed by atoms with van der Waals surface area (Å²) in [5, 5.41) is 0. The Morgan fingerprint density at radius 2 is 1.06 bits per heavy atom. The number of hydrogen-bond donors (Lipinski definition) is 1. The molecule has 0 saturated carbocycles. The molecule has 0 aromatic rings. The van der Waals surface area contributed by atoms with E-state index < -0.39 is 0 Å². The zero-order valence-corrected chi connectivity index (χ0v) is 14.6. The summed E-state index contributed by atoms with van der Waals surface area (Å²) in [5.74, 6) is 0. The summed E-state index contributed by atoms with van der Waals surface area (Å²) in [6.45, 7) is 2.29. The van der Waals surface area contributed by atoms with Crippen molar-refractivity contribution in [2.45, 2.75) is 93.9 Å². The Morgan fingerprint density at radius 1 is 0.706 bits per heavy atom. The summed E-state index contributed by atoms with van der Waals surface area (Å²) in [7, 11) is 0. The molecule has 108 valence electrons. The van der Waals surface area contributed by atoms with E-state index in [-0.39, 0.29) is 0 Å². The predicted molar refractivity (Wildman–Crippen MR) is 78.5 cm³/mol. The zero-order valence-electron chi connectivity index (χ0n) is 11.5. The second-order valence-corrected chi connectivity index (χ2v) is 8.14. The van der Waals surface area contributed by atoms with E-state index in [1.54, 1.807) is 0 Å². The average molecular weight is 440 g/mol. The Labute approximate surface area is 127 Å². The number of unbranched alkanes of at least 4 members (excludes halogenated alkanes) is 11. The third-order valence-electron chi connectivity index (χ3n) is 3.27. The van der Waals surface area contributed by atoms with Crippen LogP contribution < -0.4 is 0 Å². The molecular formula is C15H31AuS. The van der Waals surface area contributed by atoms with Crippen LogP contribution in [0.25, 0.3) is 0 Å². The number of rotatable bonds is 13. The van der Waals surface area contributed by atoms with Gasteiger partial charge < -0.3 is 0 Å². The fraction of sp³-hybridized carbons (Fsp3) is 1.00. The van der Waals surface area contributed by atoms with E-state index in [2.05, 4.69) is 40.6 Å². The maximum atomic E-state index is 4.38.